The molecule has 22 heavy (non-hydrogen) atoms. The van der Waals surface area contributed by atoms with Gasteiger partial charge in [-0.05, 0) is 73.9 Å². The number of benzene rings is 2. The van der Waals surface area contributed by atoms with Crippen LogP contribution >= 0.6 is 0 Å². The first kappa shape index (κ1) is 15.0. The van der Waals surface area contributed by atoms with Gasteiger partial charge in [0.2, 0.25) is 0 Å². The molecule has 0 aromatic heterocycles. The van der Waals surface area contributed by atoms with E-state index in [0.717, 1.165) is 25.2 Å². The highest BCUT2D eigenvalue weighted by Gasteiger charge is 2.13. The third-order valence-corrected chi connectivity index (χ3v) is 4.77. The predicted octanol–water partition coefficient (Wildman–Crippen LogP) is 4.47. The molecular formula is C20H26N2. The van der Waals surface area contributed by atoms with Gasteiger partial charge in [0.25, 0.3) is 0 Å². The number of hydrogen-bond donors (Lipinski definition) is 1. The van der Waals surface area contributed by atoms with Gasteiger partial charge in [-0.3, -0.25) is 0 Å². The number of aryl methyl sites for hydroxylation is 2. The molecule has 0 radical (unpaired) electrons. The SMILES string of the molecule is Cc1ccc(Cc2ccc(N3CCCCC3)c(N)c2)cc1C. The van der Waals surface area contributed by atoms with Gasteiger partial charge in [-0.1, -0.05) is 24.3 Å². The summed E-state index contributed by atoms with van der Waals surface area (Å²) in [7, 11) is 0. The lowest BCUT2D eigenvalue weighted by Gasteiger charge is -2.30. The van der Waals surface area contributed by atoms with E-state index in [4.69, 9.17) is 5.73 Å². The molecule has 3 rings (SSSR count). The Morgan fingerprint density at radius 3 is 2.23 bits per heavy atom. The topological polar surface area (TPSA) is 29.3 Å². The fourth-order valence-electron chi connectivity index (χ4n) is 3.29. The Bertz CT molecular complexity index is 655. The molecule has 2 aromatic carbocycles. The van der Waals surface area contributed by atoms with Crippen molar-refractivity contribution in [1.29, 1.82) is 0 Å². The first-order chi connectivity index (χ1) is 10.6. The monoisotopic (exact) mass is 294 g/mol. The van der Waals surface area contributed by atoms with Crippen molar-refractivity contribution in [3.05, 3.63) is 58.7 Å². The molecule has 0 atom stereocenters. The first-order valence-corrected chi connectivity index (χ1v) is 8.33. The lowest BCUT2D eigenvalue weighted by atomic mass is 9.99. The molecule has 0 aliphatic carbocycles. The third-order valence-electron chi connectivity index (χ3n) is 4.77. The van der Waals surface area contributed by atoms with Crippen LogP contribution in [-0.2, 0) is 6.42 Å². The van der Waals surface area contributed by atoms with Gasteiger partial charge >= 0.3 is 0 Å². The number of rotatable bonds is 3. The summed E-state index contributed by atoms with van der Waals surface area (Å²) >= 11 is 0. The molecule has 2 N–H and O–H groups in total. The molecule has 1 heterocycles. The smallest absolute Gasteiger partial charge is 0.0600 e. The Morgan fingerprint density at radius 1 is 0.864 bits per heavy atom. The molecule has 1 saturated heterocycles. The van der Waals surface area contributed by atoms with Crippen LogP contribution in [0.2, 0.25) is 0 Å². The van der Waals surface area contributed by atoms with Gasteiger partial charge in [-0.15, -0.1) is 0 Å². The summed E-state index contributed by atoms with van der Waals surface area (Å²) in [6.45, 7) is 6.61. The molecule has 1 aliphatic heterocycles. The summed E-state index contributed by atoms with van der Waals surface area (Å²) in [6.07, 6.45) is 4.86. The van der Waals surface area contributed by atoms with Crippen molar-refractivity contribution in [2.24, 2.45) is 0 Å². The van der Waals surface area contributed by atoms with Crippen molar-refractivity contribution in [3.8, 4) is 0 Å². The second-order valence-corrected chi connectivity index (χ2v) is 6.54. The van der Waals surface area contributed by atoms with Crippen LogP contribution in [-0.4, -0.2) is 13.1 Å². The first-order valence-electron chi connectivity index (χ1n) is 8.33. The second kappa shape index (κ2) is 6.43. The van der Waals surface area contributed by atoms with Gasteiger partial charge in [0, 0.05) is 13.1 Å². The average Bonchev–Trinajstić information content (AvgIpc) is 2.52. The van der Waals surface area contributed by atoms with Crippen molar-refractivity contribution in [3.63, 3.8) is 0 Å². The zero-order valence-corrected chi connectivity index (χ0v) is 13.7. The van der Waals surface area contributed by atoms with E-state index in [-0.39, 0.29) is 0 Å². The van der Waals surface area contributed by atoms with E-state index in [0.29, 0.717) is 0 Å². The van der Waals surface area contributed by atoms with E-state index in [2.05, 4.69) is 55.1 Å². The number of hydrogen-bond acceptors (Lipinski definition) is 2. The van der Waals surface area contributed by atoms with Crippen LogP contribution in [0.4, 0.5) is 11.4 Å². The Hall–Kier alpha value is -1.96. The lowest BCUT2D eigenvalue weighted by molar-refractivity contribution is 0.578. The van der Waals surface area contributed by atoms with Crippen molar-refractivity contribution in [2.75, 3.05) is 23.7 Å². The lowest BCUT2D eigenvalue weighted by Crippen LogP contribution is -2.30. The molecule has 0 spiro atoms. The van der Waals surface area contributed by atoms with E-state index in [9.17, 15) is 0 Å². The highest BCUT2D eigenvalue weighted by atomic mass is 15.1. The fraction of sp³-hybridized carbons (Fsp3) is 0.400. The maximum atomic E-state index is 6.32. The van der Waals surface area contributed by atoms with Crippen LogP contribution in [0.5, 0.6) is 0 Å². The maximum absolute atomic E-state index is 6.32. The number of nitrogens with two attached hydrogens (primary N) is 1. The summed E-state index contributed by atoms with van der Waals surface area (Å²) in [5, 5.41) is 0. The van der Waals surface area contributed by atoms with Crippen LogP contribution in [0.15, 0.2) is 36.4 Å². The van der Waals surface area contributed by atoms with Gasteiger partial charge in [0.1, 0.15) is 0 Å². The molecule has 2 nitrogen and oxygen atoms in total. The highest BCUT2D eigenvalue weighted by molar-refractivity contribution is 5.68. The van der Waals surface area contributed by atoms with E-state index >= 15 is 0 Å². The van der Waals surface area contributed by atoms with Gasteiger partial charge < -0.3 is 10.6 Å². The summed E-state index contributed by atoms with van der Waals surface area (Å²) < 4.78 is 0. The van der Waals surface area contributed by atoms with Crippen LogP contribution in [0.1, 0.15) is 41.5 Å². The van der Waals surface area contributed by atoms with E-state index in [1.165, 1.54) is 47.2 Å². The minimum absolute atomic E-state index is 0.920. The van der Waals surface area contributed by atoms with Gasteiger partial charge in [-0.25, -0.2) is 0 Å². The third kappa shape index (κ3) is 3.27. The van der Waals surface area contributed by atoms with Crippen molar-refractivity contribution >= 4 is 11.4 Å². The van der Waals surface area contributed by atoms with Gasteiger partial charge in [0.05, 0.1) is 11.4 Å². The molecule has 1 aliphatic rings. The van der Waals surface area contributed by atoms with Crippen molar-refractivity contribution in [1.82, 2.24) is 0 Å². The highest BCUT2D eigenvalue weighted by Crippen LogP contribution is 2.28. The zero-order chi connectivity index (χ0) is 15.5. The Balaban J connectivity index is 1.77. The standard InChI is InChI=1S/C20H26N2/c1-15-6-7-17(12-16(15)2)13-18-8-9-20(19(21)14-18)22-10-4-3-5-11-22/h6-9,12,14H,3-5,10-11,13,21H2,1-2H3. The molecule has 2 heteroatoms. The molecule has 0 saturated carbocycles. The summed E-state index contributed by atoms with van der Waals surface area (Å²) in [5.74, 6) is 0. The number of anilines is 2. The number of nitrogens with zero attached hydrogens (tertiary/aromatic N) is 1. The molecular weight excluding hydrogens is 268 g/mol. The summed E-state index contributed by atoms with van der Waals surface area (Å²) in [6, 6.07) is 13.3. The number of nitrogen functional groups attached to an aromatic ring is 1. The van der Waals surface area contributed by atoms with E-state index < -0.39 is 0 Å². The Morgan fingerprint density at radius 2 is 1.55 bits per heavy atom. The molecule has 116 valence electrons. The minimum Gasteiger partial charge on any atom is -0.397 e. The molecule has 2 aromatic rings. The van der Waals surface area contributed by atoms with E-state index in [1.54, 1.807) is 0 Å². The fourth-order valence-corrected chi connectivity index (χ4v) is 3.29. The Labute approximate surface area is 134 Å². The van der Waals surface area contributed by atoms with Crippen LogP contribution < -0.4 is 10.6 Å². The predicted molar refractivity (Wildman–Crippen MR) is 95.6 cm³/mol. The normalized spacial score (nSPS) is 15.1. The molecule has 0 amide bonds. The number of piperidine rings is 1. The van der Waals surface area contributed by atoms with Crippen molar-refractivity contribution in [2.45, 2.75) is 39.5 Å². The quantitative estimate of drug-likeness (QED) is 0.846. The van der Waals surface area contributed by atoms with Crippen LogP contribution in [0, 0.1) is 13.8 Å². The van der Waals surface area contributed by atoms with Crippen LogP contribution in [0.3, 0.4) is 0 Å². The zero-order valence-electron chi connectivity index (χ0n) is 13.7. The van der Waals surface area contributed by atoms with E-state index in [1.807, 2.05) is 0 Å². The molecule has 0 bridgehead atoms. The second-order valence-electron chi connectivity index (χ2n) is 6.54. The van der Waals surface area contributed by atoms with Crippen molar-refractivity contribution < 1.29 is 0 Å². The minimum atomic E-state index is 0.920. The molecule has 1 fully saturated rings. The van der Waals surface area contributed by atoms with Gasteiger partial charge in [0.15, 0.2) is 0 Å². The average molecular weight is 294 g/mol. The largest absolute Gasteiger partial charge is 0.397 e. The Kier molecular flexibility index (Phi) is 4.37. The van der Waals surface area contributed by atoms with Gasteiger partial charge in [-0.2, -0.15) is 0 Å². The molecule has 0 unspecified atom stereocenters. The summed E-state index contributed by atoms with van der Waals surface area (Å²) in [4.78, 5) is 2.43. The maximum Gasteiger partial charge on any atom is 0.0600 e. The van der Waals surface area contributed by atoms with Crippen LogP contribution in [0.25, 0.3) is 0 Å². The summed E-state index contributed by atoms with van der Waals surface area (Å²) in [5.41, 5.74) is 13.8.